The van der Waals surface area contributed by atoms with Gasteiger partial charge in [0.25, 0.3) is 0 Å². The second-order valence-electron chi connectivity index (χ2n) is 5.57. The molecular formula is C18H23FIN3O3S. The Morgan fingerprint density at radius 1 is 1.15 bits per heavy atom. The third-order valence-electron chi connectivity index (χ3n) is 3.49. The molecule has 2 aromatic rings. The van der Waals surface area contributed by atoms with Crippen molar-refractivity contribution in [1.82, 2.24) is 10.6 Å². The number of hydrogen-bond acceptors (Lipinski definition) is 4. The van der Waals surface area contributed by atoms with Gasteiger partial charge in [0, 0.05) is 19.8 Å². The Bertz CT molecular complexity index is 858. The zero-order chi connectivity index (χ0) is 19.0. The van der Waals surface area contributed by atoms with Gasteiger partial charge < -0.3 is 15.4 Å². The number of benzene rings is 2. The molecule has 0 aliphatic carbocycles. The monoisotopic (exact) mass is 507 g/mol. The highest BCUT2D eigenvalue weighted by molar-refractivity contribution is 14.0. The Kier molecular flexibility index (Phi) is 9.50. The van der Waals surface area contributed by atoms with Gasteiger partial charge in [-0.3, -0.25) is 4.99 Å². The van der Waals surface area contributed by atoms with Gasteiger partial charge in [0.05, 0.1) is 11.4 Å². The molecule has 9 heteroatoms. The van der Waals surface area contributed by atoms with Gasteiger partial charge in [-0.15, -0.1) is 24.0 Å². The molecule has 0 radical (unpaired) electrons. The molecule has 0 unspecified atom stereocenters. The van der Waals surface area contributed by atoms with Gasteiger partial charge >= 0.3 is 0 Å². The van der Waals surface area contributed by atoms with Gasteiger partial charge in [-0.05, 0) is 42.0 Å². The first-order valence-corrected chi connectivity index (χ1v) is 9.89. The Morgan fingerprint density at radius 2 is 1.85 bits per heavy atom. The smallest absolute Gasteiger partial charge is 0.191 e. The van der Waals surface area contributed by atoms with Crippen LogP contribution in [-0.4, -0.2) is 40.8 Å². The fraction of sp³-hybridized carbons (Fsp3) is 0.278. The van der Waals surface area contributed by atoms with Crippen LogP contribution in [0.2, 0.25) is 0 Å². The van der Waals surface area contributed by atoms with E-state index in [9.17, 15) is 12.8 Å². The third-order valence-corrected chi connectivity index (χ3v) is 4.62. The van der Waals surface area contributed by atoms with Gasteiger partial charge in [-0.1, -0.05) is 12.1 Å². The van der Waals surface area contributed by atoms with Crippen molar-refractivity contribution in [2.24, 2.45) is 4.99 Å². The van der Waals surface area contributed by atoms with Crippen molar-refractivity contribution in [3.8, 4) is 5.75 Å². The van der Waals surface area contributed by atoms with E-state index in [1.807, 2.05) is 6.07 Å². The number of nitrogens with zero attached hydrogens (tertiary/aromatic N) is 1. The lowest BCUT2D eigenvalue weighted by atomic mass is 10.2. The predicted octanol–water partition coefficient (Wildman–Crippen LogP) is 2.59. The van der Waals surface area contributed by atoms with E-state index in [0.717, 1.165) is 11.8 Å². The standard InChI is InChI=1S/C18H22FN3O3S.HI/c1-20-18(22-13-14-4-3-5-15(19)12-14)21-10-11-25-16-6-8-17(9-7-16)26(2,23)24;/h3-9,12H,10-11,13H2,1-2H3,(H2,20,21,22);1H. The van der Waals surface area contributed by atoms with Crippen molar-refractivity contribution in [1.29, 1.82) is 0 Å². The average molecular weight is 507 g/mol. The number of guanidine groups is 1. The number of rotatable bonds is 7. The normalized spacial score (nSPS) is 11.4. The minimum atomic E-state index is -3.21. The van der Waals surface area contributed by atoms with E-state index < -0.39 is 9.84 Å². The molecule has 0 fully saturated rings. The highest BCUT2D eigenvalue weighted by atomic mass is 127. The first kappa shape index (κ1) is 23.2. The second kappa shape index (κ2) is 11.1. The Morgan fingerprint density at radius 3 is 2.44 bits per heavy atom. The maximum absolute atomic E-state index is 13.1. The highest BCUT2D eigenvalue weighted by Gasteiger charge is 2.06. The molecule has 0 saturated heterocycles. The van der Waals surface area contributed by atoms with E-state index in [1.165, 1.54) is 24.3 Å². The summed E-state index contributed by atoms with van der Waals surface area (Å²) in [5.41, 5.74) is 0.815. The maximum atomic E-state index is 13.1. The molecule has 2 aromatic carbocycles. The van der Waals surface area contributed by atoms with Gasteiger partial charge in [0.2, 0.25) is 0 Å². The van der Waals surface area contributed by atoms with Crippen molar-refractivity contribution in [3.05, 3.63) is 59.9 Å². The number of sulfone groups is 1. The Hall–Kier alpha value is -1.88. The van der Waals surface area contributed by atoms with Gasteiger partial charge in [0.1, 0.15) is 18.2 Å². The minimum absolute atomic E-state index is 0. The second-order valence-corrected chi connectivity index (χ2v) is 7.59. The fourth-order valence-electron chi connectivity index (χ4n) is 2.17. The molecule has 0 bridgehead atoms. The molecule has 0 amide bonds. The molecule has 6 nitrogen and oxygen atoms in total. The van der Waals surface area contributed by atoms with Crippen LogP contribution in [0.3, 0.4) is 0 Å². The molecule has 2 rings (SSSR count). The van der Waals surface area contributed by atoms with Crippen LogP contribution in [0.4, 0.5) is 4.39 Å². The van der Waals surface area contributed by atoms with Crippen LogP contribution in [-0.2, 0) is 16.4 Å². The summed E-state index contributed by atoms with van der Waals surface area (Å²) in [6.07, 6.45) is 1.16. The Balaban J connectivity index is 0.00000364. The van der Waals surface area contributed by atoms with Gasteiger partial charge in [-0.2, -0.15) is 0 Å². The van der Waals surface area contributed by atoms with E-state index in [4.69, 9.17) is 4.74 Å². The van der Waals surface area contributed by atoms with Crippen LogP contribution < -0.4 is 15.4 Å². The molecule has 0 heterocycles. The number of nitrogens with one attached hydrogen (secondary N) is 2. The number of hydrogen-bond donors (Lipinski definition) is 2. The maximum Gasteiger partial charge on any atom is 0.191 e. The van der Waals surface area contributed by atoms with Crippen LogP contribution >= 0.6 is 24.0 Å². The first-order valence-electron chi connectivity index (χ1n) is 8.00. The van der Waals surface area contributed by atoms with Gasteiger partial charge in [-0.25, -0.2) is 12.8 Å². The van der Waals surface area contributed by atoms with E-state index in [0.29, 0.717) is 31.4 Å². The van der Waals surface area contributed by atoms with Crippen molar-refractivity contribution >= 4 is 39.8 Å². The molecule has 2 N–H and O–H groups in total. The van der Waals surface area contributed by atoms with E-state index in [-0.39, 0.29) is 34.7 Å². The zero-order valence-corrected chi connectivity index (χ0v) is 18.3. The lowest BCUT2D eigenvalue weighted by Gasteiger charge is -2.13. The van der Waals surface area contributed by atoms with Crippen LogP contribution in [0.15, 0.2) is 58.4 Å². The quantitative estimate of drug-likeness (QED) is 0.261. The minimum Gasteiger partial charge on any atom is -0.492 e. The summed E-state index contributed by atoms with van der Waals surface area (Å²) < 4.78 is 41.5. The van der Waals surface area contributed by atoms with E-state index in [2.05, 4.69) is 15.6 Å². The SMILES string of the molecule is CN=C(NCCOc1ccc(S(C)(=O)=O)cc1)NCc1cccc(F)c1.I. The van der Waals surface area contributed by atoms with Crippen LogP contribution in [0.1, 0.15) is 5.56 Å². The zero-order valence-electron chi connectivity index (χ0n) is 15.1. The topological polar surface area (TPSA) is 79.8 Å². The lowest BCUT2D eigenvalue weighted by Crippen LogP contribution is -2.38. The van der Waals surface area contributed by atoms with Gasteiger partial charge in [0.15, 0.2) is 15.8 Å². The molecule has 148 valence electrons. The largest absolute Gasteiger partial charge is 0.492 e. The third kappa shape index (κ3) is 8.12. The van der Waals surface area contributed by atoms with Crippen molar-refractivity contribution in [2.75, 3.05) is 26.5 Å². The summed E-state index contributed by atoms with van der Waals surface area (Å²) in [6.45, 7) is 1.32. The molecule has 0 saturated carbocycles. The van der Waals surface area contributed by atoms with E-state index >= 15 is 0 Å². The van der Waals surface area contributed by atoms with Crippen molar-refractivity contribution in [3.63, 3.8) is 0 Å². The summed E-state index contributed by atoms with van der Waals surface area (Å²) in [6, 6.07) is 12.6. The summed E-state index contributed by atoms with van der Waals surface area (Å²) >= 11 is 0. The molecule has 0 atom stereocenters. The summed E-state index contributed by atoms with van der Waals surface area (Å²) in [5.74, 6) is 0.884. The molecule has 0 aromatic heterocycles. The van der Waals surface area contributed by atoms with Crippen molar-refractivity contribution in [2.45, 2.75) is 11.4 Å². The Labute approximate surface area is 176 Å². The van der Waals surface area contributed by atoms with Crippen LogP contribution in [0.25, 0.3) is 0 Å². The molecule has 0 spiro atoms. The summed E-state index contributed by atoms with van der Waals surface area (Å²) in [7, 11) is -1.56. The molecule has 0 aliphatic rings. The van der Waals surface area contributed by atoms with Crippen LogP contribution in [0.5, 0.6) is 5.75 Å². The molecule has 0 aliphatic heterocycles. The number of halogens is 2. The van der Waals surface area contributed by atoms with E-state index in [1.54, 1.807) is 25.2 Å². The predicted molar refractivity (Wildman–Crippen MR) is 115 cm³/mol. The summed E-state index contributed by atoms with van der Waals surface area (Å²) in [4.78, 5) is 4.34. The molecule has 27 heavy (non-hydrogen) atoms. The van der Waals surface area contributed by atoms with Crippen molar-refractivity contribution < 1.29 is 17.5 Å². The molecular weight excluding hydrogens is 484 g/mol. The number of ether oxygens (including phenoxy) is 1. The van der Waals surface area contributed by atoms with Crippen LogP contribution in [0, 0.1) is 5.82 Å². The lowest BCUT2D eigenvalue weighted by molar-refractivity contribution is 0.321. The number of aliphatic imine (C=N–C) groups is 1. The summed E-state index contributed by atoms with van der Waals surface area (Å²) in [5, 5.41) is 6.17. The first-order chi connectivity index (χ1) is 12.4. The fourth-order valence-corrected chi connectivity index (χ4v) is 2.81. The highest BCUT2D eigenvalue weighted by Crippen LogP contribution is 2.15. The average Bonchev–Trinajstić information content (AvgIpc) is 2.61.